The average molecular weight is 318 g/mol. The number of nitrogens with zero attached hydrogens (tertiary/aromatic N) is 2. The second-order valence-electron chi connectivity index (χ2n) is 6.22. The Labute approximate surface area is 137 Å². The number of aromatic nitrogens is 1. The van der Waals surface area contributed by atoms with E-state index in [-0.39, 0.29) is 23.8 Å². The van der Waals surface area contributed by atoms with E-state index in [0.29, 0.717) is 18.7 Å². The fourth-order valence-electron chi connectivity index (χ4n) is 2.71. The summed E-state index contributed by atoms with van der Waals surface area (Å²) < 4.78 is 0. The van der Waals surface area contributed by atoms with Crippen LogP contribution in [0.4, 0.5) is 0 Å². The molecule has 0 saturated carbocycles. The Morgan fingerprint density at radius 3 is 2.52 bits per heavy atom. The smallest absolute Gasteiger partial charge is 0.253 e. The van der Waals surface area contributed by atoms with Crippen molar-refractivity contribution in [3.05, 3.63) is 30.1 Å². The highest BCUT2D eigenvalue weighted by molar-refractivity contribution is 5.94. The first-order valence-electron chi connectivity index (χ1n) is 8.28. The highest BCUT2D eigenvalue weighted by atomic mass is 16.2. The molecule has 6 heteroatoms. The summed E-state index contributed by atoms with van der Waals surface area (Å²) in [6.45, 7) is 5.30. The predicted molar refractivity (Wildman–Crippen MR) is 88.7 cm³/mol. The zero-order chi connectivity index (χ0) is 16.8. The van der Waals surface area contributed by atoms with Crippen LogP contribution in [0.25, 0.3) is 0 Å². The molecular formula is C17H26N4O2. The molecule has 126 valence electrons. The Bertz CT molecular complexity index is 527. The first-order chi connectivity index (χ1) is 11.0. The Morgan fingerprint density at radius 1 is 1.35 bits per heavy atom. The highest BCUT2D eigenvalue weighted by Gasteiger charge is 2.27. The van der Waals surface area contributed by atoms with Crippen LogP contribution in [-0.4, -0.2) is 46.9 Å². The van der Waals surface area contributed by atoms with E-state index in [1.54, 1.807) is 24.5 Å². The minimum absolute atomic E-state index is 0.0217. The lowest BCUT2D eigenvalue weighted by molar-refractivity contribution is -0.124. The minimum Gasteiger partial charge on any atom is -0.352 e. The van der Waals surface area contributed by atoms with Crippen LogP contribution in [0.5, 0.6) is 0 Å². The number of carbonyl (C=O) groups is 2. The van der Waals surface area contributed by atoms with E-state index in [0.717, 1.165) is 19.3 Å². The third kappa shape index (κ3) is 4.51. The van der Waals surface area contributed by atoms with Crippen LogP contribution in [-0.2, 0) is 4.79 Å². The van der Waals surface area contributed by atoms with Crippen LogP contribution < -0.4 is 11.1 Å². The first kappa shape index (κ1) is 17.4. The summed E-state index contributed by atoms with van der Waals surface area (Å²) >= 11 is 0. The molecule has 3 N–H and O–H groups in total. The van der Waals surface area contributed by atoms with E-state index >= 15 is 0 Å². The van der Waals surface area contributed by atoms with Crippen molar-refractivity contribution in [3.63, 3.8) is 0 Å². The molecule has 1 fully saturated rings. The van der Waals surface area contributed by atoms with Gasteiger partial charge < -0.3 is 16.0 Å². The number of rotatable bonds is 5. The number of pyridine rings is 1. The Kier molecular flexibility index (Phi) is 6.10. The van der Waals surface area contributed by atoms with Gasteiger partial charge in [-0.15, -0.1) is 0 Å². The summed E-state index contributed by atoms with van der Waals surface area (Å²) in [5, 5.41) is 3.02. The molecule has 1 aliphatic rings. The van der Waals surface area contributed by atoms with Gasteiger partial charge in [-0.1, -0.05) is 20.3 Å². The van der Waals surface area contributed by atoms with Crippen molar-refractivity contribution in [1.82, 2.24) is 15.2 Å². The Morgan fingerprint density at radius 2 is 1.96 bits per heavy atom. The molecule has 2 unspecified atom stereocenters. The number of hydrogen-bond donors (Lipinski definition) is 2. The predicted octanol–water partition coefficient (Wildman–Crippen LogP) is 1.18. The van der Waals surface area contributed by atoms with E-state index in [4.69, 9.17) is 5.73 Å². The third-order valence-corrected chi connectivity index (χ3v) is 4.62. The number of hydrogen-bond acceptors (Lipinski definition) is 4. The molecule has 1 saturated heterocycles. The SMILES string of the molecule is CCC(C)C(N)C(=O)NC1CCN(C(=O)c2ccncc2)CC1. The van der Waals surface area contributed by atoms with Crippen molar-refractivity contribution in [2.75, 3.05) is 13.1 Å². The topological polar surface area (TPSA) is 88.3 Å². The molecule has 2 heterocycles. The monoisotopic (exact) mass is 318 g/mol. The van der Waals surface area contributed by atoms with Gasteiger partial charge in [0.25, 0.3) is 5.91 Å². The van der Waals surface area contributed by atoms with E-state index in [1.807, 2.05) is 18.7 Å². The summed E-state index contributed by atoms with van der Waals surface area (Å²) in [7, 11) is 0. The number of amides is 2. The maximum absolute atomic E-state index is 12.4. The van der Waals surface area contributed by atoms with Gasteiger partial charge in [-0.3, -0.25) is 14.6 Å². The van der Waals surface area contributed by atoms with Gasteiger partial charge in [0.05, 0.1) is 6.04 Å². The minimum atomic E-state index is -0.462. The molecule has 0 spiro atoms. The van der Waals surface area contributed by atoms with Gasteiger partial charge in [0.15, 0.2) is 0 Å². The summed E-state index contributed by atoms with van der Waals surface area (Å²) in [5.74, 6) is 0.107. The second-order valence-corrected chi connectivity index (χ2v) is 6.22. The highest BCUT2D eigenvalue weighted by Crippen LogP contribution is 2.14. The van der Waals surface area contributed by atoms with Gasteiger partial charge in [0.1, 0.15) is 0 Å². The summed E-state index contributed by atoms with van der Waals surface area (Å²) in [6.07, 6.45) is 5.64. The van der Waals surface area contributed by atoms with Gasteiger partial charge >= 0.3 is 0 Å². The lowest BCUT2D eigenvalue weighted by Gasteiger charge is -2.33. The van der Waals surface area contributed by atoms with Gasteiger partial charge in [-0.25, -0.2) is 0 Å². The molecule has 0 aliphatic carbocycles. The van der Waals surface area contributed by atoms with E-state index in [2.05, 4.69) is 10.3 Å². The summed E-state index contributed by atoms with van der Waals surface area (Å²) in [4.78, 5) is 30.2. The number of nitrogens with one attached hydrogen (secondary N) is 1. The molecule has 0 bridgehead atoms. The molecule has 0 aromatic carbocycles. The number of piperidine rings is 1. The maximum Gasteiger partial charge on any atom is 0.253 e. The van der Waals surface area contributed by atoms with E-state index in [1.165, 1.54) is 0 Å². The van der Waals surface area contributed by atoms with E-state index in [9.17, 15) is 9.59 Å². The summed E-state index contributed by atoms with van der Waals surface area (Å²) in [5.41, 5.74) is 6.61. The van der Waals surface area contributed by atoms with Crippen LogP contribution in [0.3, 0.4) is 0 Å². The largest absolute Gasteiger partial charge is 0.352 e. The summed E-state index contributed by atoms with van der Waals surface area (Å²) in [6, 6.07) is 3.08. The van der Waals surface area contributed by atoms with Crippen LogP contribution in [0.2, 0.25) is 0 Å². The molecule has 2 rings (SSSR count). The van der Waals surface area contributed by atoms with Crippen LogP contribution in [0.15, 0.2) is 24.5 Å². The zero-order valence-corrected chi connectivity index (χ0v) is 13.9. The molecule has 0 radical (unpaired) electrons. The lowest BCUT2D eigenvalue weighted by Crippen LogP contribution is -2.52. The second kappa shape index (κ2) is 8.06. The van der Waals surface area contributed by atoms with Crippen molar-refractivity contribution in [1.29, 1.82) is 0 Å². The molecule has 23 heavy (non-hydrogen) atoms. The van der Waals surface area contributed by atoms with Gasteiger partial charge in [-0.05, 0) is 30.9 Å². The first-order valence-corrected chi connectivity index (χ1v) is 8.28. The third-order valence-electron chi connectivity index (χ3n) is 4.62. The fourth-order valence-corrected chi connectivity index (χ4v) is 2.71. The fraction of sp³-hybridized carbons (Fsp3) is 0.588. The normalized spacial score (nSPS) is 18.3. The van der Waals surface area contributed by atoms with Crippen molar-refractivity contribution in [2.45, 2.75) is 45.2 Å². The van der Waals surface area contributed by atoms with E-state index < -0.39 is 6.04 Å². The Balaban J connectivity index is 1.82. The van der Waals surface area contributed by atoms with Crippen molar-refractivity contribution < 1.29 is 9.59 Å². The number of carbonyl (C=O) groups excluding carboxylic acids is 2. The van der Waals surface area contributed by atoms with Gasteiger partial charge in [0, 0.05) is 37.1 Å². The zero-order valence-electron chi connectivity index (χ0n) is 13.9. The standard InChI is InChI=1S/C17H26N4O2/c1-3-12(2)15(18)16(22)20-14-6-10-21(11-7-14)17(23)13-4-8-19-9-5-13/h4-5,8-9,12,14-15H,3,6-7,10-11,18H2,1-2H3,(H,20,22). The molecule has 1 aliphatic heterocycles. The van der Waals surface area contributed by atoms with Gasteiger partial charge in [0.2, 0.25) is 5.91 Å². The molecular weight excluding hydrogens is 292 g/mol. The molecule has 2 amide bonds. The quantitative estimate of drug-likeness (QED) is 0.853. The van der Waals surface area contributed by atoms with Crippen molar-refractivity contribution in [3.8, 4) is 0 Å². The molecule has 6 nitrogen and oxygen atoms in total. The average Bonchev–Trinajstić information content (AvgIpc) is 2.61. The number of likely N-dealkylation sites (tertiary alicyclic amines) is 1. The van der Waals surface area contributed by atoms with Crippen molar-refractivity contribution in [2.24, 2.45) is 11.7 Å². The maximum atomic E-state index is 12.4. The molecule has 2 atom stereocenters. The van der Waals surface area contributed by atoms with Gasteiger partial charge in [-0.2, -0.15) is 0 Å². The number of nitrogens with two attached hydrogens (primary N) is 1. The molecule has 1 aromatic heterocycles. The van der Waals surface area contributed by atoms with Crippen LogP contribution in [0.1, 0.15) is 43.5 Å². The molecule has 1 aromatic rings. The van der Waals surface area contributed by atoms with Crippen LogP contribution >= 0.6 is 0 Å². The van der Waals surface area contributed by atoms with Crippen LogP contribution in [0, 0.1) is 5.92 Å². The van der Waals surface area contributed by atoms with Crippen molar-refractivity contribution >= 4 is 11.8 Å². The lowest BCUT2D eigenvalue weighted by atomic mass is 9.98. The Hall–Kier alpha value is -1.95.